The van der Waals surface area contributed by atoms with E-state index < -0.39 is 9.84 Å². The Bertz CT molecular complexity index is 944. The predicted molar refractivity (Wildman–Crippen MR) is 115 cm³/mol. The molecule has 2 aromatic rings. The lowest BCUT2D eigenvalue weighted by Gasteiger charge is -2.28. The van der Waals surface area contributed by atoms with Crippen LogP contribution >= 0.6 is 11.6 Å². The van der Waals surface area contributed by atoms with Gasteiger partial charge in [0.2, 0.25) is 0 Å². The molecule has 0 N–H and O–H groups in total. The van der Waals surface area contributed by atoms with Gasteiger partial charge in [-0.05, 0) is 48.4 Å². The highest BCUT2D eigenvalue weighted by molar-refractivity contribution is 7.91. The number of carbonyl (C=O) groups is 1. The largest absolute Gasteiger partial charge is 0.484 e. The monoisotopic (exact) mass is 436 g/mol. The average molecular weight is 437 g/mol. The maximum absolute atomic E-state index is 12.9. The van der Waals surface area contributed by atoms with Crippen molar-refractivity contribution in [2.45, 2.75) is 19.0 Å². The summed E-state index contributed by atoms with van der Waals surface area (Å²) in [4.78, 5) is 16.6. The predicted octanol–water partition coefficient (Wildman–Crippen LogP) is 3.00. The average Bonchev–Trinajstić information content (AvgIpc) is 3.05. The molecule has 1 aliphatic heterocycles. The number of benzene rings is 2. The summed E-state index contributed by atoms with van der Waals surface area (Å²) in [6, 6.07) is 14.3. The lowest BCUT2D eigenvalue weighted by atomic mass is 10.1. The van der Waals surface area contributed by atoms with Gasteiger partial charge in [0, 0.05) is 37.4 Å². The van der Waals surface area contributed by atoms with Crippen molar-refractivity contribution in [3.63, 3.8) is 0 Å². The van der Waals surface area contributed by atoms with Gasteiger partial charge >= 0.3 is 0 Å². The minimum absolute atomic E-state index is 0.00450. The molecule has 2 aromatic carbocycles. The number of halogens is 1. The summed E-state index contributed by atoms with van der Waals surface area (Å²) in [6.07, 6.45) is 0.449. The topological polar surface area (TPSA) is 66.9 Å². The van der Waals surface area contributed by atoms with Crippen LogP contribution in [-0.2, 0) is 21.2 Å². The Labute approximate surface area is 176 Å². The fraction of sp³-hybridized carbons (Fsp3) is 0.381. The van der Waals surface area contributed by atoms with Crippen LogP contribution in [0.1, 0.15) is 12.0 Å². The number of amides is 1. The molecule has 0 spiro atoms. The second kappa shape index (κ2) is 9.05. The van der Waals surface area contributed by atoms with Gasteiger partial charge in [0.15, 0.2) is 16.4 Å². The Morgan fingerprint density at radius 1 is 1.10 bits per heavy atom. The van der Waals surface area contributed by atoms with E-state index >= 15 is 0 Å². The Morgan fingerprint density at radius 2 is 1.76 bits per heavy atom. The van der Waals surface area contributed by atoms with Gasteiger partial charge in [0.25, 0.3) is 5.91 Å². The van der Waals surface area contributed by atoms with Crippen molar-refractivity contribution in [1.29, 1.82) is 0 Å². The number of nitrogens with zero attached hydrogens (tertiary/aromatic N) is 2. The van der Waals surface area contributed by atoms with Crippen LogP contribution < -0.4 is 9.64 Å². The highest BCUT2D eigenvalue weighted by Crippen LogP contribution is 2.22. The van der Waals surface area contributed by atoms with Gasteiger partial charge in [0.05, 0.1) is 11.5 Å². The lowest BCUT2D eigenvalue weighted by molar-refractivity contribution is -0.136. The van der Waals surface area contributed by atoms with Crippen molar-refractivity contribution in [2.75, 3.05) is 37.1 Å². The summed E-state index contributed by atoms with van der Waals surface area (Å²) in [5, 5.41) is 0.586. The molecular weight excluding hydrogens is 412 g/mol. The van der Waals surface area contributed by atoms with Gasteiger partial charge in [-0.2, -0.15) is 0 Å². The number of ether oxygens (including phenoxy) is 1. The van der Waals surface area contributed by atoms with E-state index in [0.717, 1.165) is 11.3 Å². The number of hydrogen-bond donors (Lipinski definition) is 0. The van der Waals surface area contributed by atoms with E-state index in [0.29, 0.717) is 23.7 Å². The smallest absolute Gasteiger partial charge is 0.261 e. The molecule has 1 amide bonds. The molecule has 0 radical (unpaired) electrons. The van der Waals surface area contributed by atoms with E-state index in [1.165, 1.54) is 0 Å². The van der Waals surface area contributed by atoms with E-state index in [1.807, 2.05) is 43.3 Å². The van der Waals surface area contributed by atoms with Crippen molar-refractivity contribution in [2.24, 2.45) is 0 Å². The Morgan fingerprint density at radius 3 is 2.31 bits per heavy atom. The fourth-order valence-corrected chi connectivity index (χ4v) is 5.15. The molecule has 1 fully saturated rings. The van der Waals surface area contributed by atoms with Crippen LogP contribution in [0.25, 0.3) is 0 Å². The maximum Gasteiger partial charge on any atom is 0.261 e. The lowest BCUT2D eigenvalue weighted by Crippen LogP contribution is -2.43. The molecule has 1 saturated heterocycles. The summed E-state index contributed by atoms with van der Waals surface area (Å²) >= 11 is 5.87. The molecule has 6 nitrogen and oxygen atoms in total. The van der Waals surface area contributed by atoms with Gasteiger partial charge < -0.3 is 14.5 Å². The van der Waals surface area contributed by atoms with E-state index in [9.17, 15) is 13.2 Å². The number of hydrogen-bond acceptors (Lipinski definition) is 5. The van der Waals surface area contributed by atoms with E-state index in [2.05, 4.69) is 0 Å². The zero-order valence-electron chi connectivity index (χ0n) is 16.5. The van der Waals surface area contributed by atoms with Gasteiger partial charge in [0.1, 0.15) is 5.75 Å². The minimum Gasteiger partial charge on any atom is -0.484 e. The van der Waals surface area contributed by atoms with E-state index in [-0.39, 0.29) is 30.1 Å². The summed E-state index contributed by atoms with van der Waals surface area (Å²) in [7, 11) is 0.809. The number of rotatable bonds is 7. The molecule has 29 heavy (non-hydrogen) atoms. The first-order valence-electron chi connectivity index (χ1n) is 9.38. The number of carbonyl (C=O) groups excluding carboxylic acids is 1. The molecule has 0 aliphatic carbocycles. The first kappa shape index (κ1) is 21.5. The SMILES string of the molecule is CN(C)c1ccc(CN(C(=O)COc2ccc(Cl)cc2)[C@H]2CCS(=O)(=O)C2)cc1. The van der Waals surface area contributed by atoms with Crippen molar-refractivity contribution in [3.05, 3.63) is 59.1 Å². The molecule has 0 bridgehead atoms. The van der Waals surface area contributed by atoms with Gasteiger partial charge in [-0.25, -0.2) is 8.42 Å². The Balaban J connectivity index is 1.73. The molecule has 8 heteroatoms. The molecular formula is C21H25ClN2O4S. The minimum atomic E-state index is -3.11. The van der Waals surface area contributed by atoms with E-state index in [4.69, 9.17) is 16.3 Å². The molecule has 0 unspecified atom stereocenters. The molecule has 1 heterocycles. The summed E-state index contributed by atoms with van der Waals surface area (Å²) in [5.74, 6) is 0.407. The second-order valence-corrected chi connectivity index (χ2v) is 10.0. The zero-order chi connectivity index (χ0) is 21.0. The van der Waals surface area contributed by atoms with Crippen LogP contribution in [-0.4, -0.2) is 57.5 Å². The van der Waals surface area contributed by atoms with Gasteiger partial charge in [-0.1, -0.05) is 23.7 Å². The highest BCUT2D eigenvalue weighted by Gasteiger charge is 2.34. The van der Waals surface area contributed by atoms with Crippen LogP contribution in [0.15, 0.2) is 48.5 Å². The molecule has 1 atom stereocenters. The highest BCUT2D eigenvalue weighted by atomic mass is 35.5. The van der Waals surface area contributed by atoms with Crippen molar-refractivity contribution in [1.82, 2.24) is 4.90 Å². The number of sulfone groups is 1. The molecule has 0 aromatic heterocycles. The van der Waals surface area contributed by atoms with Crippen molar-refractivity contribution >= 4 is 33.0 Å². The zero-order valence-corrected chi connectivity index (χ0v) is 18.1. The summed E-state index contributed by atoms with van der Waals surface area (Å²) in [5.41, 5.74) is 2.00. The van der Waals surface area contributed by atoms with Crippen LogP contribution in [0.4, 0.5) is 5.69 Å². The third-order valence-corrected chi connectivity index (χ3v) is 6.95. The van der Waals surface area contributed by atoms with Gasteiger partial charge in [-0.15, -0.1) is 0 Å². The second-order valence-electron chi connectivity index (χ2n) is 7.38. The first-order valence-corrected chi connectivity index (χ1v) is 11.6. The Kier molecular flexibility index (Phi) is 6.70. The standard InChI is InChI=1S/C21H25ClN2O4S/c1-23(2)18-7-3-16(4-8-18)13-24(19-11-12-29(26,27)15-19)21(25)14-28-20-9-5-17(22)6-10-20/h3-10,19H,11-15H2,1-2H3/t19-/m0/s1. The normalized spacial score (nSPS) is 17.7. The van der Waals surface area contributed by atoms with Crippen LogP contribution in [0, 0.1) is 0 Å². The molecule has 0 saturated carbocycles. The van der Waals surface area contributed by atoms with Gasteiger partial charge in [-0.3, -0.25) is 4.79 Å². The summed E-state index contributed by atoms with van der Waals surface area (Å²) in [6.45, 7) is 0.185. The van der Waals surface area contributed by atoms with Crippen molar-refractivity contribution < 1.29 is 17.9 Å². The van der Waals surface area contributed by atoms with Crippen LogP contribution in [0.2, 0.25) is 5.02 Å². The molecule has 156 valence electrons. The first-order chi connectivity index (χ1) is 13.7. The third kappa shape index (κ3) is 5.87. The summed E-state index contributed by atoms with van der Waals surface area (Å²) < 4.78 is 29.5. The maximum atomic E-state index is 12.9. The van der Waals surface area contributed by atoms with Crippen molar-refractivity contribution in [3.8, 4) is 5.75 Å². The quantitative estimate of drug-likeness (QED) is 0.667. The van der Waals surface area contributed by atoms with Crippen LogP contribution in [0.3, 0.4) is 0 Å². The fourth-order valence-electron chi connectivity index (χ4n) is 3.30. The third-order valence-electron chi connectivity index (χ3n) is 4.95. The Hall–Kier alpha value is -2.25. The number of anilines is 1. The molecule has 1 aliphatic rings. The van der Waals surface area contributed by atoms with Crippen LogP contribution in [0.5, 0.6) is 5.75 Å². The van der Waals surface area contributed by atoms with E-state index in [1.54, 1.807) is 29.2 Å². The molecule has 3 rings (SSSR count).